The summed E-state index contributed by atoms with van der Waals surface area (Å²) in [4.78, 5) is 0. The van der Waals surface area contributed by atoms with Crippen molar-refractivity contribution in [3.8, 4) is 0 Å². The summed E-state index contributed by atoms with van der Waals surface area (Å²) in [5.74, 6) is 0. The number of rotatable bonds is 8. The lowest BCUT2D eigenvalue weighted by molar-refractivity contribution is 0.143. The van der Waals surface area contributed by atoms with Crippen LogP contribution in [0.5, 0.6) is 0 Å². The molecular formula is C10H19N3O. The van der Waals surface area contributed by atoms with Gasteiger partial charge < -0.3 is 10.1 Å². The Morgan fingerprint density at radius 1 is 1.50 bits per heavy atom. The molecule has 1 aromatic rings. The van der Waals surface area contributed by atoms with E-state index in [-0.39, 0.29) is 0 Å². The summed E-state index contributed by atoms with van der Waals surface area (Å²) in [6, 6.07) is 1.98. The summed E-state index contributed by atoms with van der Waals surface area (Å²) >= 11 is 0. The monoisotopic (exact) mass is 197 g/mol. The number of ether oxygens (including phenoxy) is 1. The molecule has 0 aliphatic carbocycles. The second-order valence-electron chi connectivity index (χ2n) is 3.16. The minimum Gasteiger partial charge on any atom is -0.382 e. The van der Waals surface area contributed by atoms with E-state index in [2.05, 4.69) is 15.5 Å². The average Bonchev–Trinajstić information content (AvgIpc) is 2.69. The summed E-state index contributed by atoms with van der Waals surface area (Å²) in [6.07, 6.45) is 4.06. The number of aromatic amines is 1. The number of aromatic nitrogens is 2. The first-order valence-corrected chi connectivity index (χ1v) is 5.20. The van der Waals surface area contributed by atoms with Crippen LogP contribution >= 0.6 is 0 Å². The highest BCUT2D eigenvalue weighted by atomic mass is 16.5. The van der Waals surface area contributed by atoms with Gasteiger partial charge in [0.2, 0.25) is 0 Å². The van der Waals surface area contributed by atoms with Crippen LogP contribution in [0.15, 0.2) is 12.3 Å². The molecule has 1 rings (SSSR count). The molecule has 1 heterocycles. The number of unbranched alkanes of at least 4 members (excludes halogenated alkanes) is 1. The van der Waals surface area contributed by atoms with Gasteiger partial charge in [-0.15, -0.1) is 0 Å². The minimum absolute atomic E-state index is 0.821. The number of nitrogens with one attached hydrogen (secondary N) is 2. The van der Waals surface area contributed by atoms with E-state index >= 15 is 0 Å². The Hall–Kier alpha value is -0.870. The lowest BCUT2D eigenvalue weighted by Gasteiger charge is -2.03. The molecule has 0 aliphatic rings. The largest absolute Gasteiger partial charge is 0.382 e. The Bertz CT molecular complexity index is 211. The third-order valence-corrected chi connectivity index (χ3v) is 1.97. The maximum atomic E-state index is 5.24. The molecule has 0 fully saturated rings. The Morgan fingerprint density at radius 3 is 3.14 bits per heavy atom. The fraction of sp³-hybridized carbons (Fsp3) is 0.700. The molecule has 4 nitrogen and oxygen atoms in total. The van der Waals surface area contributed by atoms with Gasteiger partial charge in [0.25, 0.3) is 0 Å². The lowest BCUT2D eigenvalue weighted by Crippen LogP contribution is -2.15. The number of nitrogens with zero attached hydrogens (tertiary/aromatic N) is 1. The zero-order valence-electron chi connectivity index (χ0n) is 8.75. The van der Waals surface area contributed by atoms with Crippen LogP contribution in [0.1, 0.15) is 25.5 Å². The quantitative estimate of drug-likeness (QED) is 0.618. The molecule has 0 spiro atoms. The van der Waals surface area contributed by atoms with Crippen LogP contribution in [0, 0.1) is 0 Å². The van der Waals surface area contributed by atoms with E-state index < -0.39 is 0 Å². The maximum Gasteiger partial charge on any atom is 0.0490 e. The van der Waals surface area contributed by atoms with Crippen molar-refractivity contribution in [2.45, 2.75) is 26.3 Å². The SMILES string of the molecule is CCOCCCCNCc1ccn[nH]1. The zero-order valence-corrected chi connectivity index (χ0v) is 8.75. The fourth-order valence-electron chi connectivity index (χ4n) is 1.20. The smallest absolute Gasteiger partial charge is 0.0490 e. The van der Waals surface area contributed by atoms with Crippen LogP contribution in [0.2, 0.25) is 0 Å². The highest BCUT2D eigenvalue weighted by Crippen LogP contribution is 1.92. The molecule has 0 saturated carbocycles. The van der Waals surface area contributed by atoms with Crippen molar-refractivity contribution < 1.29 is 4.74 Å². The highest BCUT2D eigenvalue weighted by molar-refractivity contribution is 4.96. The molecule has 0 aromatic carbocycles. The van der Waals surface area contributed by atoms with Gasteiger partial charge in [-0.05, 0) is 32.4 Å². The van der Waals surface area contributed by atoms with E-state index in [0.29, 0.717) is 0 Å². The van der Waals surface area contributed by atoms with Gasteiger partial charge in [-0.25, -0.2) is 0 Å². The first-order chi connectivity index (χ1) is 6.93. The number of hydrogen-bond donors (Lipinski definition) is 2. The topological polar surface area (TPSA) is 49.9 Å². The van der Waals surface area contributed by atoms with Crippen molar-refractivity contribution in [1.82, 2.24) is 15.5 Å². The molecule has 0 atom stereocenters. The standard InChI is InChI=1S/C10H19N3O/c1-2-14-8-4-3-6-11-9-10-5-7-12-13-10/h5,7,11H,2-4,6,8-9H2,1H3,(H,12,13). The second-order valence-corrected chi connectivity index (χ2v) is 3.16. The Kier molecular flexibility index (Phi) is 6.02. The zero-order chi connectivity index (χ0) is 10.1. The third-order valence-electron chi connectivity index (χ3n) is 1.97. The Labute approximate surface area is 85.0 Å². The van der Waals surface area contributed by atoms with E-state index in [1.54, 1.807) is 6.20 Å². The summed E-state index contributed by atoms with van der Waals surface area (Å²) in [6.45, 7) is 5.63. The van der Waals surface area contributed by atoms with Crippen molar-refractivity contribution in [2.24, 2.45) is 0 Å². The van der Waals surface area contributed by atoms with Crippen molar-refractivity contribution in [3.05, 3.63) is 18.0 Å². The molecule has 0 radical (unpaired) electrons. The van der Waals surface area contributed by atoms with E-state index in [9.17, 15) is 0 Å². The Balaban J connectivity index is 1.85. The molecule has 0 amide bonds. The molecule has 0 saturated heterocycles. The van der Waals surface area contributed by atoms with Crippen LogP contribution in [0.4, 0.5) is 0 Å². The number of hydrogen-bond acceptors (Lipinski definition) is 3. The molecule has 80 valence electrons. The first-order valence-electron chi connectivity index (χ1n) is 5.20. The van der Waals surface area contributed by atoms with Crippen LogP contribution in [-0.4, -0.2) is 30.0 Å². The third kappa shape index (κ3) is 4.99. The molecule has 0 unspecified atom stereocenters. The predicted octanol–water partition coefficient (Wildman–Crippen LogP) is 1.32. The summed E-state index contributed by atoms with van der Waals surface area (Å²) in [5, 5.41) is 10.1. The predicted molar refractivity (Wildman–Crippen MR) is 56.0 cm³/mol. The van der Waals surface area contributed by atoms with Gasteiger partial charge in [0.1, 0.15) is 0 Å². The van der Waals surface area contributed by atoms with Gasteiger partial charge in [0.15, 0.2) is 0 Å². The summed E-state index contributed by atoms with van der Waals surface area (Å²) < 4.78 is 5.24. The van der Waals surface area contributed by atoms with Gasteiger partial charge in [-0.2, -0.15) is 5.10 Å². The molecule has 2 N–H and O–H groups in total. The van der Waals surface area contributed by atoms with Gasteiger partial charge in [0, 0.05) is 31.6 Å². The van der Waals surface area contributed by atoms with Gasteiger partial charge in [-0.1, -0.05) is 0 Å². The molecule has 14 heavy (non-hydrogen) atoms. The minimum atomic E-state index is 0.821. The average molecular weight is 197 g/mol. The maximum absolute atomic E-state index is 5.24. The summed E-state index contributed by atoms with van der Waals surface area (Å²) in [7, 11) is 0. The normalized spacial score (nSPS) is 10.6. The lowest BCUT2D eigenvalue weighted by atomic mass is 10.3. The molecular weight excluding hydrogens is 178 g/mol. The number of H-pyrrole nitrogens is 1. The van der Waals surface area contributed by atoms with Gasteiger partial charge in [-0.3, -0.25) is 5.10 Å². The molecule has 0 aliphatic heterocycles. The van der Waals surface area contributed by atoms with Crippen molar-refractivity contribution >= 4 is 0 Å². The molecule has 4 heteroatoms. The summed E-state index contributed by atoms with van der Waals surface area (Å²) in [5.41, 5.74) is 1.13. The van der Waals surface area contributed by atoms with Crippen LogP contribution < -0.4 is 5.32 Å². The van der Waals surface area contributed by atoms with Crippen LogP contribution in [0.3, 0.4) is 0 Å². The second kappa shape index (κ2) is 7.53. The molecule has 0 bridgehead atoms. The fourth-order valence-corrected chi connectivity index (χ4v) is 1.20. The molecule has 1 aromatic heterocycles. The van der Waals surface area contributed by atoms with E-state index in [1.165, 1.54) is 0 Å². The van der Waals surface area contributed by atoms with Crippen molar-refractivity contribution in [2.75, 3.05) is 19.8 Å². The van der Waals surface area contributed by atoms with Gasteiger partial charge >= 0.3 is 0 Å². The van der Waals surface area contributed by atoms with E-state index in [4.69, 9.17) is 4.74 Å². The van der Waals surface area contributed by atoms with Crippen molar-refractivity contribution in [3.63, 3.8) is 0 Å². The van der Waals surface area contributed by atoms with Crippen molar-refractivity contribution in [1.29, 1.82) is 0 Å². The highest BCUT2D eigenvalue weighted by Gasteiger charge is 1.92. The van der Waals surface area contributed by atoms with Gasteiger partial charge in [0.05, 0.1) is 0 Å². The van der Waals surface area contributed by atoms with Crippen LogP contribution in [0.25, 0.3) is 0 Å². The van der Waals surface area contributed by atoms with E-state index in [0.717, 1.165) is 44.8 Å². The van der Waals surface area contributed by atoms with Crippen LogP contribution in [-0.2, 0) is 11.3 Å². The Morgan fingerprint density at radius 2 is 2.43 bits per heavy atom. The van der Waals surface area contributed by atoms with E-state index in [1.807, 2.05) is 13.0 Å². The first kappa shape index (κ1) is 11.2.